The van der Waals surface area contributed by atoms with Crippen molar-refractivity contribution < 1.29 is 19.3 Å². The molecule has 0 atom stereocenters. The zero-order chi connectivity index (χ0) is 13.8. The monoisotopic (exact) mass is 284 g/mol. The Morgan fingerprint density at radius 1 is 1.16 bits per heavy atom. The summed E-state index contributed by atoms with van der Waals surface area (Å²) in [5, 5.41) is 8.60. The van der Waals surface area contributed by atoms with E-state index in [1.165, 1.54) is 0 Å². The molecule has 1 aromatic rings. The summed E-state index contributed by atoms with van der Waals surface area (Å²) in [6.07, 6.45) is 0.911. The Kier molecular flexibility index (Phi) is 9.33. The van der Waals surface area contributed by atoms with Crippen LogP contribution in [0.1, 0.15) is 16.2 Å². The van der Waals surface area contributed by atoms with E-state index >= 15 is 0 Å². The molecule has 5 heteroatoms. The Balaban J connectivity index is 2.04. The molecular weight excluding hydrogens is 264 g/mol. The summed E-state index contributed by atoms with van der Waals surface area (Å²) in [6.45, 7) is 3.09. The van der Waals surface area contributed by atoms with Gasteiger partial charge in [0.2, 0.25) is 0 Å². The van der Waals surface area contributed by atoms with Crippen LogP contribution in [0.2, 0.25) is 0 Å². The van der Waals surface area contributed by atoms with Crippen LogP contribution in [-0.2, 0) is 20.8 Å². The van der Waals surface area contributed by atoms with Gasteiger partial charge in [-0.3, -0.25) is 0 Å². The highest BCUT2D eigenvalue weighted by Crippen LogP contribution is 2.16. The average molecular weight is 284 g/mol. The highest BCUT2D eigenvalue weighted by molar-refractivity contribution is 7.12. The van der Waals surface area contributed by atoms with Gasteiger partial charge in [0, 0.05) is 25.2 Å². The van der Waals surface area contributed by atoms with Crippen molar-refractivity contribution in [1.82, 2.24) is 0 Å². The zero-order valence-electron chi connectivity index (χ0n) is 11.2. The average Bonchev–Trinajstić information content (AvgIpc) is 2.87. The molecule has 0 amide bonds. The predicted molar refractivity (Wildman–Crippen MR) is 75.3 cm³/mol. The minimum absolute atomic E-state index is 0.107. The van der Waals surface area contributed by atoms with Crippen LogP contribution in [0.3, 0.4) is 0 Å². The lowest BCUT2D eigenvalue weighted by atomic mass is 10.4. The first-order valence-electron chi connectivity index (χ1n) is 6.19. The number of hydrogen-bond donors (Lipinski definition) is 1. The molecule has 1 heterocycles. The molecule has 0 spiro atoms. The summed E-state index contributed by atoms with van der Waals surface area (Å²) in [6, 6.07) is 3.93. The molecule has 0 saturated heterocycles. The zero-order valence-corrected chi connectivity index (χ0v) is 12.0. The van der Waals surface area contributed by atoms with Gasteiger partial charge in [-0.2, -0.15) is 0 Å². The molecule has 0 fully saturated rings. The predicted octanol–water partition coefficient (Wildman–Crippen LogP) is 1.66. The molecule has 0 aliphatic rings. The molecular formula is C14H20O4S. The van der Waals surface area contributed by atoms with Crippen molar-refractivity contribution >= 4 is 11.3 Å². The molecule has 1 rings (SSSR count). The first-order chi connectivity index (χ1) is 9.36. The smallest absolute Gasteiger partial charge is 0.104 e. The summed E-state index contributed by atoms with van der Waals surface area (Å²) in [5.74, 6) is 5.49. The summed E-state index contributed by atoms with van der Waals surface area (Å²) in [4.78, 5) is 2.07. The first-order valence-corrected chi connectivity index (χ1v) is 7.01. The number of methoxy groups -OCH3 is 1. The van der Waals surface area contributed by atoms with Crippen molar-refractivity contribution in [3.63, 3.8) is 0 Å². The Morgan fingerprint density at radius 2 is 2.00 bits per heavy atom. The van der Waals surface area contributed by atoms with Crippen LogP contribution in [0.25, 0.3) is 0 Å². The van der Waals surface area contributed by atoms with Gasteiger partial charge in [0.05, 0.1) is 24.7 Å². The van der Waals surface area contributed by atoms with Crippen LogP contribution in [0.5, 0.6) is 0 Å². The standard InChI is InChI=1S/C14H20O4S/c1-16-8-3-9-17-10-11-18-12-14-6-5-13(19-14)4-2-7-15/h5-6,15H,3,7-12H2,1H3. The van der Waals surface area contributed by atoms with Crippen molar-refractivity contribution in [2.75, 3.05) is 40.1 Å². The molecule has 0 aliphatic carbocycles. The van der Waals surface area contributed by atoms with Gasteiger partial charge >= 0.3 is 0 Å². The maximum atomic E-state index is 8.60. The van der Waals surface area contributed by atoms with E-state index in [0.29, 0.717) is 26.4 Å². The maximum Gasteiger partial charge on any atom is 0.104 e. The Hall–Kier alpha value is -0.900. The number of rotatable bonds is 9. The Bertz CT molecular complexity index is 392. The summed E-state index contributed by atoms with van der Waals surface area (Å²) < 4.78 is 15.8. The number of thiophene rings is 1. The summed E-state index contributed by atoms with van der Waals surface area (Å²) in [7, 11) is 1.68. The largest absolute Gasteiger partial charge is 0.385 e. The van der Waals surface area contributed by atoms with E-state index in [2.05, 4.69) is 11.8 Å². The van der Waals surface area contributed by atoms with E-state index in [-0.39, 0.29) is 6.61 Å². The highest BCUT2D eigenvalue weighted by atomic mass is 32.1. The summed E-state index contributed by atoms with van der Waals surface area (Å²) in [5.41, 5.74) is 0. The lowest BCUT2D eigenvalue weighted by molar-refractivity contribution is 0.0344. The molecule has 1 aromatic heterocycles. The van der Waals surface area contributed by atoms with Gasteiger partial charge in [-0.15, -0.1) is 11.3 Å². The van der Waals surface area contributed by atoms with Crippen LogP contribution in [0.15, 0.2) is 12.1 Å². The number of hydrogen-bond acceptors (Lipinski definition) is 5. The number of aliphatic hydroxyl groups is 1. The highest BCUT2D eigenvalue weighted by Gasteiger charge is 1.98. The van der Waals surface area contributed by atoms with E-state index in [1.807, 2.05) is 12.1 Å². The minimum atomic E-state index is -0.107. The molecule has 106 valence electrons. The van der Waals surface area contributed by atoms with Crippen molar-refractivity contribution in [3.8, 4) is 11.8 Å². The van der Waals surface area contributed by atoms with E-state index in [9.17, 15) is 0 Å². The molecule has 1 N–H and O–H groups in total. The fourth-order valence-electron chi connectivity index (χ4n) is 1.35. The maximum absolute atomic E-state index is 8.60. The third-order valence-electron chi connectivity index (χ3n) is 2.21. The van der Waals surface area contributed by atoms with Gasteiger partial charge in [0.25, 0.3) is 0 Å². The fraction of sp³-hybridized carbons (Fsp3) is 0.571. The minimum Gasteiger partial charge on any atom is -0.385 e. The fourth-order valence-corrected chi connectivity index (χ4v) is 2.17. The van der Waals surface area contributed by atoms with Gasteiger partial charge in [-0.25, -0.2) is 0 Å². The van der Waals surface area contributed by atoms with Crippen LogP contribution < -0.4 is 0 Å². The molecule has 0 saturated carbocycles. The van der Waals surface area contributed by atoms with Crippen molar-refractivity contribution in [2.45, 2.75) is 13.0 Å². The van der Waals surface area contributed by atoms with Gasteiger partial charge < -0.3 is 19.3 Å². The second-order valence-corrected chi connectivity index (χ2v) is 4.91. The van der Waals surface area contributed by atoms with Gasteiger partial charge in [-0.05, 0) is 18.6 Å². The molecule has 0 unspecified atom stereocenters. The van der Waals surface area contributed by atoms with Crippen LogP contribution >= 0.6 is 11.3 Å². The lowest BCUT2D eigenvalue weighted by Gasteiger charge is -2.04. The van der Waals surface area contributed by atoms with Gasteiger partial charge in [0.1, 0.15) is 6.61 Å². The van der Waals surface area contributed by atoms with Crippen LogP contribution in [0.4, 0.5) is 0 Å². The van der Waals surface area contributed by atoms with Crippen LogP contribution in [0, 0.1) is 11.8 Å². The molecule has 0 bridgehead atoms. The molecule has 0 radical (unpaired) electrons. The van der Waals surface area contributed by atoms with Gasteiger partial charge in [0.15, 0.2) is 0 Å². The number of ether oxygens (including phenoxy) is 3. The van der Waals surface area contributed by atoms with Crippen molar-refractivity contribution in [2.24, 2.45) is 0 Å². The van der Waals surface area contributed by atoms with E-state index in [4.69, 9.17) is 19.3 Å². The van der Waals surface area contributed by atoms with Crippen LogP contribution in [-0.4, -0.2) is 45.3 Å². The topological polar surface area (TPSA) is 47.9 Å². The lowest BCUT2D eigenvalue weighted by Crippen LogP contribution is -2.06. The van der Waals surface area contributed by atoms with Crippen molar-refractivity contribution in [1.29, 1.82) is 0 Å². The van der Waals surface area contributed by atoms with E-state index in [1.54, 1.807) is 18.4 Å². The van der Waals surface area contributed by atoms with E-state index in [0.717, 1.165) is 22.8 Å². The Labute approximate surface area is 118 Å². The normalized spacial score (nSPS) is 10.2. The third kappa shape index (κ3) is 7.98. The second-order valence-electron chi connectivity index (χ2n) is 3.74. The van der Waals surface area contributed by atoms with Crippen molar-refractivity contribution in [3.05, 3.63) is 21.9 Å². The quantitative estimate of drug-likeness (QED) is 0.553. The number of aliphatic hydroxyl groups excluding tert-OH is 1. The molecule has 0 aromatic carbocycles. The third-order valence-corrected chi connectivity index (χ3v) is 3.18. The van der Waals surface area contributed by atoms with E-state index < -0.39 is 0 Å². The Morgan fingerprint density at radius 3 is 2.79 bits per heavy atom. The SMILES string of the molecule is COCCCOCCOCc1ccc(C#CCO)s1. The summed E-state index contributed by atoms with van der Waals surface area (Å²) >= 11 is 1.58. The molecule has 4 nitrogen and oxygen atoms in total. The second kappa shape index (κ2) is 11.0. The molecule has 19 heavy (non-hydrogen) atoms. The van der Waals surface area contributed by atoms with Gasteiger partial charge in [-0.1, -0.05) is 11.8 Å². The molecule has 0 aliphatic heterocycles. The first kappa shape index (κ1) is 16.2.